The van der Waals surface area contributed by atoms with E-state index < -0.39 is 78.3 Å². The molecule has 4 bridgehead atoms. The van der Waals surface area contributed by atoms with Gasteiger partial charge in [-0.05, 0) is 12.5 Å². The third-order valence-electron chi connectivity index (χ3n) is 8.15. The highest BCUT2D eigenvalue weighted by Crippen LogP contribution is 2.61. The van der Waals surface area contributed by atoms with Crippen LogP contribution in [0.5, 0.6) is 0 Å². The summed E-state index contributed by atoms with van der Waals surface area (Å²) in [5.74, 6) is -3.45. The van der Waals surface area contributed by atoms with Crippen LogP contribution < -0.4 is 0 Å². The van der Waals surface area contributed by atoms with E-state index in [0.717, 1.165) is 5.57 Å². The topological polar surface area (TPSA) is 135 Å². The van der Waals surface area contributed by atoms with E-state index in [0.29, 0.717) is 0 Å². The van der Waals surface area contributed by atoms with Crippen LogP contribution in [0.15, 0.2) is 23.8 Å². The second kappa shape index (κ2) is 9.37. The van der Waals surface area contributed by atoms with Crippen molar-refractivity contribution >= 4 is 5.97 Å². The van der Waals surface area contributed by atoms with Gasteiger partial charge in [-0.15, -0.1) is 0 Å². The largest absolute Gasteiger partial charge is 0.459 e. The van der Waals surface area contributed by atoms with Gasteiger partial charge in [-0.1, -0.05) is 25.2 Å². The summed E-state index contributed by atoms with van der Waals surface area (Å²) in [4.78, 5) is 13.4. The van der Waals surface area contributed by atoms with Gasteiger partial charge in [0.05, 0.1) is 44.1 Å². The first-order chi connectivity index (χ1) is 15.7. The maximum absolute atomic E-state index is 13.4. The number of aliphatic hydroxyl groups is 4. The van der Waals surface area contributed by atoms with Crippen LogP contribution in [-0.4, -0.2) is 96.6 Å². The van der Waals surface area contributed by atoms with E-state index in [1.54, 1.807) is 6.92 Å². The Kier molecular flexibility index (Phi) is 7.04. The maximum atomic E-state index is 13.4. The zero-order valence-corrected chi connectivity index (χ0v) is 19.5. The zero-order chi connectivity index (χ0) is 24.1. The van der Waals surface area contributed by atoms with Crippen LogP contribution in [0.4, 0.5) is 0 Å². The van der Waals surface area contributed by atoms with E-state index >= 15 is 0 Å². The fourth-order valence-electron chi connectivity index (χ4n) is 6.70. The van der Waals surface area contributed by atoms with E-state index in [2.05, 4.69) is 0 Å². The number of carbonyl (C=O) groups excluding carboxylic acids is 1. The van der Waals surface area contributed by atoms with E-state index in [4.69, 9.17) is 18.9 Å². The second-order valence-electron chi connectivity index (χ2n) is 9.91. The zero-order valence-electron chi connectivity index (χ0n) is 19.5. The first kappa shape index (κ1) is 24.8. The highest BCUT2D eigenvalue weighted by molar-refractivity contribution is 5.74. The highest BCUT2D eigenvalue weighted by Gasteiger charge is 2.70. The summed E-state index contributed by atoms with van der Waals surface area (Å²) >= 11 is 0. The summed E-state index contributed by atoms with van der Waals surface area (Å²) in [5.41, 5.74) is -0.275. The number of cyclic esters (lactones) is 1. The van der Waals surface area contributed by atoms with Crippen LogP contribution in [0, 0.1) is 35.5 Å². The van der Waals surface area contributed by atoms with E-state index in [1.165, 1.54) is 14.2 Å². The number of hydrogen-bond acceptors (Lipinski definition) is 9. The Morgan fingerprint density at radius 2 is 1.85 bits per heavy atom. The Morgan fingerprint density at radius 3 is 2.48 bits per heavy atom. The lowest BCUT2D eigenvalue weighted by Gasteiger charge is -2.49. The molecule has 0 aromatic heterocycles. The molecule has 2 fully saturated rings. The van der Waals surface area contributed by atoms with E-state index in [1.807, 2.05) is 25.2 Å². The molecule has 33 heavy (non-hydrogen) atoms. The molecule has 1 saturated carbocycles. The van der Waals surface area contributed by atoms with E-state index in [9.17, 15) is 25.2 Å². The van der Waals surface area contributed by atoms with Crippen molar-refractivity contribution in [3.05, 3.63) is 23.8 Å². The van der Waals surface area contributed by atoms with Crippen molar-refractivity contribution < 1.29 is 44.2 Å². The Bertz CT molecular complexity index is 797. The third kappa shape index (κ3) is 3.69. The van der Waals surface area contributed by atoms with Crippen LogP contribution in [0.2, 0.25) is 0 Å². The van der Waals surface area contributed by atoms with Gasteiger partial charge in [-0.2, -0.15) is 0 Å². The molecule has 1 spiro atoms. The monoisotopic (exact) mass is 468 g/mol. The minimum atomic E-state index is -1.25. The first-order valence-corrected chi connectivity index (χ1v) is 11.6. The van der Waals surface area contributed by atoms with Crippen molar-refractivity contribution in [2.24, 2.45) is 35.5 Å². The lowest BCUT2D eigenvalue weighted by atomic mass is 9.56. The predicted octanol–water partition coefficient (Wildman–Crippen LogP) is -0.336. The molecule has 186 valence electrons. The molecule has 12 atom stereocenters. The summed E-state index contributed by atoms with van der Waals surface area (Å²) in [5, 5.41) is 42.5. The van der Waals surface area contributed by atoms with Gasteiger partial charge in [0.25, 0.3) is 0 Å². The number of esters is 1. The van der Waals surface area contributed by atoms with E-state index in [-0.39, 0.29) is 19.1 Å². The smallest absolute Gasteiger partial charge is 0.312 e. The Hall–Kier alpha value is -1.33. The molecule has 1 saturated heterocycles. The van der Waals surface area contributed by atoms with Crippen molar-refractivity contribution in [3.63, 3.8) is 0 Å². The lowest BCUT2D eigenvalue weighted by molar-refractivity contribution is -0.172. The molecule has 0 radical (unpaired) electrons. The molecule has 2 aliphatic carbocycles. The molecule has 4 rings (SSSR count). The van der Waals surface area contributed by atoms with Gasteiger partial charge in [0.1, 0.15) is 17.8 Å². The minimum absolute atomic E-state index is 0.0464. The van der Waals surface area contributed by atoms with Gasteiger partial charge in [0.15, 0.2) is 0 Å². The molecule has 9 heteroatoms. The number of hydrogen-bond donors (Lipinski definition) is 4. The standard InChI is InChI=1S/C24H36O9/c1-11-7-12(2)24-16(14(9-30-3)23(29)32-21(11)17(26)8-25)6-5-13-18(24)19(27)15(10-31-4)20(28)22(13)33-24/h5-7,11,13-22,25-28H,8-10H2,1-4H3/t11-,13-,14-,15-,16-,17-,18+,19-,20-,21+,22-,24+/m1/s1. The molecule has 2 heterocycles. The molecule has 0 amide bonds. The molecule has 4 N–H and O–H groups in total. The second-order valence-corrected chi connectivity index (χ2v) is 9.91. The molecular weight excluding hydrogens is 432 g/mol. The molecule has 0 unspecified atom stereocenters. The van der Waals surface area contributed by atoms with Crippen molar-refractivity contribution in [1.29, 1.82) is 0 Å². The van der Waals surface area contributed by atoms with Crippen LogP contribution in [0.3, 0.4) is 0 Å². The predicted molar refractivity (Wildman–Crippen MR) is 116 cm³/mol. The average molecular weight is 469 g/mol. The fourth-order valence-corrected chi connectivity index (χ4v) is 6.70. The van der Waals surface area contributed by atoms with Crippen LogP contribution in [0.25, 0.3) is 0 Å². The van der Waals surface area contributed by atoms with Gasteiger partial charge < -0.3 is 39.4 Å². The molecule has 4 aliphatic rings. The van der Waals surface area contributed by atoms with Gasteiger partial charge in [-0.25, -0.2) is 0 Å². The fraction of sp³-hybridized carbons (Fsp3) is 0.792. The Morgan fingerprint density at radius 1 is 1.15 bits per heavy atom. The van der Waals surface area contributed by atoms with Crippen LogP contribution >= 0.6 is 0 Å². The number of rotatable bonds is 6. The lowest BCUT2D eigenvalue weighted by Crippen LogP contribution is -2.59. The Balaban J connectivity index is 1.88. The van der Waals surface area contributed by atoms with Gasteiger partial charge in [0.2, 0.25) is 0 Å². The number of aliphatic hydroxyl groups excluding tert-OH is 4. The minimum Gasteiger partial charge on any atom is -0.459 e. The van der Waals surface area contributed by atoms with Gasteiger partial charge >= 0.3 is 5.97 Å². The number of ether oxygens (including phenoxy) is 4. The van der Waals surface area contributed by atoms with Gasteiger partial charge in [-0.3, -0.25) is 4.79 Å². The first-order valence-electron chi connectivity index (χ1n) is 11.6. The van der Waals surface area contributed by atoms with Crippen LogP contribution in [0.1, 0.15) is 13.8 Å². The summed E-state index contributed by atoms with van der Waals surface area (Å²) in [6.45, 7) is 3.38. The quantitative estimate of drug-likeness (QED) is 0.305. The average Bonchev–Trinajstić information content (AvgIpc) is 2.99. The van der Waals surface area contributed by atoms with Crippen molar-refractivity contribution in [2.45, 2.75) is 50.0 Å². The Labute approximate surface area is 194 Å². The maximum Gasteiger partial charge on any atom is 0.312 e. The van der Waals surface area contributed by atoms with Crippen molar-refractivity contribution in [1.82, 2.24) is 0 Å². The molecule has 0 aromatic rings. The number of methoxy groups -OCH3 is 2. The molecule has 9 nitrogen and oxygen atoms in total. The van der Waals surface area contributed by atoms with Crippen molar-refractivity contribution in [2.75, 3.05) is 34.0 Å². The summed E-state index contributed by atoms with van der Waals surface area (Å²) in [6, 6.07) is 0. The summed E-state index contributed by atoms with van der Waals surface area (Å²) < 4.78 is 23.1. The van der Waals surface area contributed by atoms with Crippen LogP contribution in [-0.2, 0) is 23.7 Å². The SMILES string of the molecule is COC[C@H]1[C@@H](O)[C@@H]2O[C@@]34C(C)=C[C@@H](C)[C@@H]([C@H](O)CO)OC(=O)[C@H](COC)[C@H]3C=C[C@@H]2[C@H]4[C@@H]1O. The van der Waals surface area contributed by atoms with Gasteiger partial charge in [0, 0.05) is 43.8 Å². The highest BCUT2D eigenvalue weighted by atomic mass is 16.6. The molecular formula is C24H36O9. The third-order valence-corrected chi connectivity index (χ3v) is 8.15. The molecule has 2 aliphatic heterocycles. The number of carbonyl (C=O) groups is 1. The normalized spacial score (nSPS) is 47.6. The summed E-state index contributed by atoms with van der Waals surface area (Å²) in [6.07, 6.45) is 1.13. The molecule has 0 aromatic carbocycles. The summed E-state index contributed by atoms with van der Waals surface area (Å²) in [7, 11) is 3.02. The van der Waals surface area contributed by atoms with Crippen molar-refractivity contribution in [3.8, 4) is 0 Å².